The molecule has 0 aliphatic carbocycles. The van der Waals surface area contributed by atoms with E-state index in [0.29, 0.717) is 19.8 Å². The highest BCUT2D eigenvalue weighted by atomic mass is 19.4. The van der Waals surface area contributed by atoms with E-state index in [2.05, 4.69) is 10.1 Å². The Morgan fingerprint density at radius 2 is 1.45 bits per heavy atom. The average molecular weight is 311 g/mol. The zero-order chi connectivity index (χ0) is 15.6. The summed E-state index contributed by atoms with van der Waals surface area (Å²) in [5, 5.41) is 2.64. The summed E-state index contributed by atoms with van der Waals surface area (Å²) in [5.41, 5.74) is 0. The van der Waals surface area contributed by atoms with E-state index in [0.717, 1.165) is 12.8 Å². The van der Waals surface area contributed by atoms with Crippen LogP contribution in [-0.2, 0) is 9.47 Å². The molecule has 9 heteroatoms. The van der Waals surface area contributed by atoms with Gasteiger partial charge >= 0.3 is 12.4 Å². The van der Waals surface area contributed by atoms with Crippen molar-refractivity contribution in [1.82, 2.24) is 5.32 Å². The number of hydrogen-bond donors (Lipinski definition) is 1. The van der Waals surface area contributed by atoms with Gasteiger partial charge in [0.15, 0.2) is 0 Å². The highest BCUT2D eigenvalue weighted by Crippen LogP contribution is 2.35. The summed E-state index contributed by atoms with van der Waals surface area (Å²) in [6.45, 7) is 2.48. The van der Waals surface area contributed by atoms with Crippen LogP contribution in [0.2, 0.25) is 0 Å². The van der Waals surface area contributed by atoms with Crippen LogP contribution in [0.5, 0.6) is 0 Å². The zero-order valence-electron chi connectivity index (χ0n) is 11.1. The summed E-state index contributed by atoms with van der Waals surface area (Å²) in [5.74, 6) is 0. The van der Waals surface area contributed by atoms with Gasteiger partial charge in [0.25, 0.3) is 0 Å². The zero-order valence-corrected chi connectivity index (χ0v) is 11.1. The van der Waals surface area contributed by atoms with Crippen molar-refractivity contribution in [2.45, 2.75) is 38.2 Å². The molecule has 0 bridgehead atoms. The van der Waals surface area contributed by atoms with Crippen molar-refractivity contribution in [3.8, 4) is 0 Å². The summed E-state index contributed by atoms with van der Waals surface area (Å²) < 4.78 is 81.5. The van der Waals surface area contributed by atoms with Crippen LogP contribution < -0.4 is 5.32 Å². The number of rotatable bonds is 10. The second-order valence-electron chi connectivity index (χ2n) is 4.05. The van der Waals surface area contributed by atoms with E-state index in [1.165, 1.54) is 0 Å². The molecule has 0 aliphatic heterocycles. The molecular weight excluding hydrogens is 292 g/mol. The van der Waals surface area contributed by atoms with Crippen LogP contribution in [0.15, 0.2) is 0 Å². The molecule has 20 heavy (non-hydrogen) atoms. The lowest BCUT2D eigenvalue weighted by atomic mass is 10.3. The average Bonchev–Trinajstić information content (AvgIpc) is 2.28. The first-order valence-electron chi connectivity index (χ1n) is 6.23. The molecule has 0 atom stereocenters. The minimum Gasteiger partial charge on any atom is -0.380 e. The highest BCUT2D eigenvalue weighted by molar-refractivity contribution is 4.76. The van der Waals surface area contributed by atoms with Crippen LogP contribution in [0.4, 0.5) is 26.3 Å². The fourth-order valence-electron chi connectivity index (χ4n) is 1.24. The molecule has 0 saturated heterocycles. The first-order valence-corrected chi connectivity index (χ1v) is 6.23. The first-order chi connectivity index (χ1) is 9.19. The van der Waals surface area contributed by atoms with Crippen molar-refractivity contribution in [2.75, 3.05) is 32.9 Å². The maximum atomic E-state index is 12.1. The van der Waals surface area contributed by atoms with Gasteiger partial charge < -0.3 is 14.8 Å². The van der Waals surface area contributed by atoms with Crippen LogP contribution in [0.3, 0.4) is 0 Å². The summed E-state index contributed by atoms with van der Waals surface area (Å²) in [4.78, 5) is 0. The largest absolute Gasteiger partial charge is 0.423 e. The molecule has 0 rings (SSSR count). The number of hydrogen-bond acceptors (Lipinski definition) is 3. The van der Waals surface area contributed by atoms with Crippen molar-refractivity contribution >= 4 is 0 Å². The molecular formula is C11H19F6NO2. The van der Waals surface area contributed by atoms with Gasteiger partial charge in [-0.15, -0.1) is 0 Å². The predicted molar refractivity (Wildman–Crippen MR) is 60.4 cm³/mol. The maximum absolute atomic E-state index is 12.1. The minimum atomic E-state index is -5.46. The summed E-state index contributed by atoms with van der Waals surface area (Å²) in [6.07, 6.45) is -12.8. The fraction of sp³-hybridized carbons (Fsp3) is 1.00. The van der Waals surface area contributed by atoms with E-state index >= 15 is 0 Å². The number of halogens is 6. The van der Waals surface area contributed by atoms with Crippen molar-refractivity contribution in [2.24, 2.45) is 0 Å². The third-order valence-electron chi connectivity index (χ3n) is 2.22. The summed E-state index contributed by atoms with van der Waals surface area (Å²) >= 11 is 0. The maximum Gasteiger partial charge on any atom is 0.423 e. The van der Waals surface area contributed by atoms with Crippen molar-refractivity contribution < 1.29 is 35.8 Å². The topological polar surface area (TPSA) is 30.5 Å². The lowest BCUT2D eigenvalue weighted by Crippen LogP contribution is -2.45. The smallest absolute Gasteiger partial charge is 0.380 e. The molecule has 0 aromatic carbocycles. The highest BCUT2D eigenvalue weighted by Gasteiger charge is 2.57. The van der Waals surface area contributed by atoms with Gasteiger partial charge in [-0.2, -0.15) is 26.3 Å². The molecule has 0 amide bonds. The summed E-state index contributed by atoms with van der Waals surface area (Å²) in [7, 11) is 0. The molecule has 0 spiro atoms. The second kappa shape index (κ2) is 9.41. The van der Waals surface area contributed by atoms with E-state index in [1.807, 2.05) is 6.92 Å². The van der Waals surface area contributed by atoms with Crippen molar-refractivity contribution in [1.29, 1.82) is 0 Å². The first kappa shape index (κ1) is 19.5. The predicted octanol–water partition coefficient (Wildman–Crippen LogP) is 2.90. The van der Waals surface area contributed by atoms with Crippen LogP contribution in [0.25, 0.3) is 0 Å². The van der Waals surface area contributed by atoms with Crippen LogP contribution in [0.1, 0.15) is 19.8 Å². The number of nitrogens with one attached hydrogen (secondary N) is 1. The molecule has 122 valence electrons. The SMILES string of the molecule is CCCCOCCNCCOC(C(F)(F)F)C(F)(F)F. The molecule has 3 nitrogen and oxygen atoms in total. The van der Waals surface area contributed by atoms with Gasteiger partial charge in [0.05, 0.1) is 13.2 Å². The third kappa shape index (κ3) is 9.38. The molecule has 0 fully saturated rings. The van der Waals surface area contributed by atoms with Crippen LogP contribution in [-0.4, -0.2) is 51.4 Å². The number of alkyl halides is 6. The molecule has 0 aliphatic rings. The lowest BCUT2D eigenvalue weighted by molar-refractivity contribution is -0.321. The van der Waals surface area contributed by atoms with Gasteiger partial charge in [-0.1, -0.05) is 13.3 Å². The van der Waals surface area contributed by atoms with Crippen LogP contribution in [0, 0.1) is 0 Å². The van der Waals surface area contributed by atoms with Gasteiger partial charge in [0, 0.05) is 19.7 Å². The molecule has 0 saturated carbocycles. The molecule has 0 heterocycles. The van der Waals surface area contributed by atoms with Gasteiger partial charge in [0.1, 0.15) is 0 Å². The van der Waals surface area contributed by atoms with Crippen molar-refractivity contribution in [3.05, 3.63) is 0 Å². The second-order valence-corrected chi connectivity index (χ2v) is 4.05. The van der Waals surface area contributed by atoms with E-state index < -0.39 is 25.1 Å². The Balaban J connectivity index is 3.71. The van der Waals surface area contributed by atoms with E-state index in [4.69, 9.17) is 4.74 Å². The molecule has 1 N–H and O–H groups in total. The minimum absolute atomic E-state index is 0.111. The van der Waals surface area contributed by atoms with Gasteiger partial charge in [0.2, 0.25) is 6.10 Å². The fourth-order valence-corrected chi connectivity index (χ4v) is 1.24. The van der Waals surface area contributed by atoms with E-state index in [9.17, 15) is 26.3 Å². The van der Waals surface area contributed by atoms with Crippen LogP contribution >= 0.6 is 0 Å². The van der Waals surface area contributed by atoms with Gasteiger partial charge in [-0.3, -0.25) is 0 Å². The van der Waals surface area contributed by atoms with Crippen molar-refractivity contribution in [3.63, 3.8) is 0 Å². The molecule has 0 aromatic rings. The molecule has 0 radical (unpaired) electrons. The molecule has 0 unspecified atom stereocenters. The van der Waals surface area contributed by atoms with E-state index in [1.54, 1.807) is 0 Å². The lowest BCUT2D eigenvalue weighted by Gasteiger charge is -2.23. The summed E-state index contributed by atoms with van der Waals surface area (Å²) in [6, 6.07) is 0. The quantitative estimate of drug-likeness (QED) is 0.497. The Morgan fingerprint density at radius 3 is 1.95 bits per heavy atom. The standard InChI is InChI=1S/C11H19F6NO2/c1-2-3-6-19-7-4-18-5-8-20-9(10(12,13)14)11(15,16)17/h9,18H,2-8H2,1H3. The number of unbranched alkanes of at least 4 members (excludes halogenated alkanes) is 1. The van der Waals surface area contributed by atoms with Gasteiger partial charge in [-0.25, -0.2) is 0 Å². The molecule has 0 aromatic heterocycles. The Bertz CT molecular complexity index is 230. The van der Waals surface area contributed by atoms with Gasteiger partial charge in [-0.05, 0) is 6.42 Å². The van der Waals surface area contributed by atoms with E-state index in [-0.39, 0.29) is 6.54 Å². The number of ether oxygens (including phenoxy) is 2. The Hall–Kier alpha value is -0.540. The Labute approximate surface area is 113 Å². The Morgan fingerprint density at radius 1 is 0.900 bits per heavy atom. The third-order valence-corrected chi connectivity index (χ3v) is 2.22. The monoisotopic (exact) mass is 311 g/mol. The Kier molecular flexibility index (Phi) is 9.15. The normalized spacial score (nSPS) is 13.2.